The van der Waals surface area contributed by atoms with Crippen LogP contribution in [0.15, 0.2) is 5.16 Å². The maximum absolute atomic E-state index is 5.67. The van der Waals surface area contributed by atoms with Gasteiger partial charge in [-0.3, -0.25) is 4.90 Å². The van der Waals surface area contributed by atoms with Crippen molar-refractivity contribution < 1.29 is 0 Å². The van der Waals surface area contributed by atoms with Gasteiger partial charge in [-0.15, -0.1) is 0 Å². The molecule has 1 aliphatic heterocycles. The van der Waals surface area contributed by atoms with E-state index in [1.54, 1.807) is 0 Å². The summed E-state index contributed by atoms with van der Waals surface area (Å²) in [5.74, 6) is 1.96. The maximum Gasteiger partial charge on any atom is 0.224 e. The van der Waals surface area contributed by atoms with E-state index in [-0.39, 0.29) is 0 Å². The summed E-state index contributed by atoms with van der Waals surface area (Å²) in [5, 5.41) is 0.706. The van der Waals surface area contributed by atoms with Gasteiger partial charge in [-0.05, 0) is 38.1 Å². The highest BCUT2D eigenvalue weighted by Gasteiger charge is 2.17. The molecule has 6 heteroatoms. The number of aromatic nitrogens is 3. The lowest BCUT2D eigenvalue weighted by Crippen LogP contribution is -2.33. The Morgan fingerprint density at radius 2 is 2.00 bits per heavy atom. The van der Waals surface area contributed by atoms with E-state index in [1.165, 1.54) is 24.6 Å². The van der Waals surface area contributed by atoms with Crippen LogP contribution in [-0.4, -0.2) is 39.2 Å². The topological polar surface area (TPSA) is 67.9 Å². The summed E-state index contributed by atoms with van der Waals surface area (Å²) >= 11 is 1.50. The SMILES string of the molecule is CSc1nc(N)nc(CN2CCC(C)CC2)n1. The summed E-state index contributed by atoms with van der Waals surface area (Å²) < 4.78 is 0. The molecule has 5 nitrogen and oxygen atoms in total. The highest BCUT2D eigenvalue weighted by molar-refractivity contribution is 7.98. The second kappa shape index (κ2) is 5.64. The monoisotopic (exact) mass is 253 g/mol. The molecule has 0 saturated carbocycles. The zero-order valence-electron chi connectivity index (χ0n) is 10.4. The van der Waals surface area contributed by atoms with E-state index < -0.39 is 0 Å². The molecule has 0 radical (unpaired) electrons. The summed E-state index contributed by atoms with van der Waals surface area (Å²) in [6.07, 6.45) is 4.47. The molecule has 0 bridgehead atoms. The minimum Gasteiger partial charge on any atom is -0.368 e. The van der Waals surface area contributed by atoms with Gasteiger partial charge in [0.05, 0.1) is 6.54 Å². The number of nitrogens with zero attached hydrogens (tertiary/aromatic N) is 4. The zero-order valence-corrected chi connectivity index (χ0v) is 11.2. The van der Waals surface area contributed by atoms with E-state index >= 15 is 0 Å². The van der Waals surface area contributed by atoms with E-state index in [0.29, 0.717) is 11.1 Å². The molecule has 2 rings (SSSR count). The van der Waals surface area contributed by atoms with E-state index in [2.05, 4.69) is 26.8 Å². The Morgan fingerprint density at radius 1 is 1.29 bits per heavy atom. The van der Waals surface area contributed by atoms with Crippen LogP contribution in [0.25, 0.3) is 0 Å². The van der Waals surface area contributed by atoms with Gasteiger partial charge in [0.1, 0.15) is 5.82 Å². The Hall–Kier alpha value is -0.880. The fourth-order valence-corrected chi connectivity index (χ4v) is 2.38. The second-order valence-corrected chi connectivity index (χ2v) is 5.33. The fraction of sp³-hybridized carbons (Fsp3) is 0.727. The van der Waals surface area contributed by atoms with Gasteiger partial charge in [-0.1, -0.05) is 18.7 Å². The van der Waals surface area contributed by atoms with Crippen LogP contribution in [0.3, 0.4) is 0 Å². The van der Waals surface area contributed by atoms with Crippen molar-refractivity contribution in [1.82, 2.24) is 19.9 Å². The van der Waals surface area contributed by atoms with Crippen LogP contribution in [0.5, 0.6) is 0 Å². The number of rotatable bonds is 3. The van der Waals surface area contributed by atoms with Gasteiger partial charge in [0.25, 0.3) is 0 Å². The number of piperidine rings is 1. The van der Waals surface area contributed by atoms with Crippen LogP contribution in [0.4, 0.5) is 5.95 Å². The molecular weight excluding hydrogens is 234 g/mol. The van der Waals surface area contributed by atoms with Gasteiger partial charge in [0.2, 0.25) is 5.95 Å². The van der Waals surface area contributed by atoms with Crippen molar-refractivity contribution in [3.05, 3.63) is 5.82 Å². The standard InChI is InChI=1S/C11H19N5S/c1-8-3-5-16(6-4-8)7-9-13-10(12)15-11(14-9)17-2/h8H,3-7H2,1-2H3,(H2,12,13,14,15). The molecule has 0 spiro atoms. The predicted octanol–water partition coefficient (Wildman–Crippen LogP) is 1.41. The summed E-state index contributed by atoms with van der Waals surface area (Å²) in [7, 11) is 0. The molecular formula is C11H19N5S. The van der Waals surface area contributed by atoms with Crippen molar-refractivity contribution in [1.29, 1.82) is 0 Å². The number of nitrogen functional groups attached to an aromatic ring is 1. The van der Waals surface area contributed by atoms with E-state index in [0.717, 1.165) is 31.4 Å². The van der Waals surface area contributed by atoms with Crippen LogP contribution >= 0.6 is 11.8 Å². The Balaban J connectivity index is 2.00. The lowest BCUT2D eigenvalue weighted by Gasteiger charge is -2.29. The highest BCUT2D eigenvalue weighted by Crippen LogP contribution is 2.18. The van der Waals surface area contributed by atoms with Gasteiger partial charge in [0.15, 0.2) is 5.16 Å². The first-order chi connectivity index (χ1) is 8.17. The summed E-state index contributed by atoms with van der Waals surface area (Å²) in [6, 6.07) is 0. The van der Waals surface area contributed by atoms with Crippen LogP contribution in [0.1, 0.15) is 25.6 Å². The highest BCUT2D eigenvalue weighted by atomic mass is 32.2. The van der Waals surface area contributed by atoms with Crippen molar-refractivity contribution in [2.75, 3.05) is 25.1 Å². The predicted molar refractivity (Wildman–Crippen MR) is 69.7 cm³/mol. The number of hydrogen-bond donors (Lipinski definition) is 1. The van der Waals surface area contributed by atoms with Crippen molar-refractivity contribution in [2.45, 2.75) is 31.5 Å². The first kappa shape index (κ1) is 12.6. The minimum atomic E-state index is 0.324. The number of likely N-dealkylation sites (tertiary alicyclic amines) is 1. The Labute approximate surface area is 106 Å². The second-order valence-electron chi connectivity index (χ2n) is 4.56. The van der Waals surface area contributed by atoms with Crippen LogP contribution in [-0.2, 0) is 6.54 Å². The molecule has 17 heavy (non-hydrogen) atoms. The molecule has 1 aromatic rings. The van der Waals surface area contributed by atoms with Gasteiger partial charge in [0, 0.05) is 0 Å². The number of nitrogens with two attached hydrogens (primary N) is 1. The van der Waals surface area contributed by atoms with E-state index in [1.807, 2.05) is 6.26 Å². The average molecular weight is 253 g/mol. The molecule has 0 amide bonds. The Morgan fingerprint density at radius 3 is 2.65 bits per heavy atom. The lowest BCUT2D eigenvalue weighted by molar-refractivity contribution is 0.181. The molecule has 0 unspecified atom stereocenters. The minimum absolute atomic E-state index is 0.324. The molecule has 2 heterocycles. The summed E-state index contributed by atoms with van der Waals surface area (Å²) in [6.45, 7) is 5.35. The zero-order chi connectivity index (χ0) is 12.3. The van der Waals surface area contributed by atoms with E-state index in [9.17, 15) is 0 Å². The maximum atomic E-state index is 5.67. The largest absolute Gasteiger partial charge is 0.368 e. The van der Waals surface area contributed by atoms with Crippen LogP contribution in [0, 0.1) is 5.92 Å². The summed E-state index contributed by atoms with van der Waals surface area (Å²) in [4.78, 5) is 15.0. The van der Waals surface area contributed by atoms with Crippen molar-refractivity contribution in [3.8, 4) is 0 Å². The molecule has 94 valence electrons. The molecule has 1 fully saturated rings. The Kier molecular flexibility index (Phi) is 4.17. The van der Waals surface area contributed by atoms with Gasteiger partial charge in [-0.2, -0.15) is 9.97 Å². The third-order valence-electron chi connectivity index (χ3n) is 3.10. The van der Waals surface area contributed by atoms with Gasteiger partial charge >= 0.3 is 0 Å². The first-order valence-corrected chi connectivity index (χ1v) is 7.16. The molecule has 0 aromatic carbocycles. The molecule has 1 aromatic heterocycles. The third-order valence-corrected chi connectivity index (χ3v) is 3.65. The molecule has 1 saturated heterocycles. The number of thioether (sulfide) groups is 1. The first-order valence-electron chi connectivity index (χ1n) is 5.94. The quantitative estimate of drug-likeness (QED) is 0.821. The van der Waals surface area contributed by atoms with Crippen molar-refractivity contribution >= 4 is 17.7 Å². The van der Waals surface area contributed by atoms with Gasteiger partial charge < -0.3 is 5.73 Å². The number of anilines is 1. The normalized spacial score (nSPS) is 18.5. The van der Waals surface area contributed by atoms with Crippen molar-refractivity contribution in [2.24, 2.45) is 5.92 Å². The van der Waals surface area contributed by atoms with Crippen LogP contribution < -0.4 is 5.73 Å². The van der Waals surface area contributed by atoms with Crippen molar-refractivity contribution in [3.63, 3.8) is 0 Å². The molecule has 2 N–H and O–H groups in total. The smallest absolute Gasteiger partial charge is 0.224 e. The number of hydrogen-bond acceptors (Lipinski definition) is 6. The van der Waals surface area contributed by atoms with Gasteiger partial charge in [-0.25, -0.2) is 4.98 Å². The van der Waals surface area contributed by atoms with E-state index in [4.69, 9.17) is 5.73 Å². The molecule has 1 aliphatic rings. The Bertz CT molecular complexity index is 376. The summed E-state index contributed by atoms with van der Waals surface area (Å²) in [5.41, 5.74) is 5.67. The molecule has 0 aliphatic carbocycles. The fourth-order valence-electron chi connectivity index (χ4n) is 2.00. The molecule has 0 atom stereocenters. The van der Waals surface area contributed by atoms with Crippen LogP contribution in [0.2, 0.25) is 0 Å². The third kappa shape index (κ3) is 3.54. The lowest BCUT2D eigenvalue weighted by atomic mass is 9.99. The average Bonchev–Trinajstić information content (AvgIpc) is 2.31.